The summed E-state index contributed by atoms with van der Waals surface area (Å²) in [5, 5.41) is 3.39. The van der Waals surface area contributed by atoms with Crippen LogP contribution in [-0.4, -0.2) is 20.4 Å². The summed E-state index contributed by atoms with van der Waals surface area (Å²) in [6, 6.07) is 10.7. The second-order valence-electron chi connectivity index (χ2n) is 6.02. The zero-order valence-electron chi connectivity index (χ0n) is 12.3. The van der Waals surface area contributed by atoms with Crippen molar-refractivity contribution in [2.45, 2.75) is 30.6 Å². The summed E-state index contributed by atoms with van der Waals surface area (Å²) in [4.78, 5) is 10.9. The van der Waals surface area contributed by atoms with E-state index in [1.807, 2.05) is 24.8 Å². The normalized spacial score (nSPS) is 16.8. The molecule has 0 bridgehead atoms. The van der Waals surface area contributed by atoms with Crippen LogP contribution in [0.4, 0.5) is 5.69 Å². The minimum absolute atomic E-state index is 0.591. The number of fused-ring (bicyclic) bond motifs is 2. The highest BCUT2D eigenvalue weighted by molar-refractivity contribution is 7.99. The Hall–Kier alpha value is -2.01. The molecule has 5 rings (SSSR count). The van der Waals surface area contributed by atoms with Gasteiger partial charge in [0, 0.05) is 22.2 Å². The van der Waals surface area contributed by atoms with Gasteiger partial charge in [-0.2, -0.15) is 0 Å². The van der Waals surface area contributed by atoms with Crippen LogP contribution in [0.25, 0.3) is 16.9 Å². The van der Waals surface area contributed by atoms with Gasteiger partial charge in [-0.3, -0.25) is 4.57 Å². The number of aromatic nitrogens is 3. The Morgan fingerprint density at radius 1 is 1.18 bits per heavy atom. The van der Waals surface area contributed by atoms with Crippen molar-refractivity contribution in [1.29, 1.82) is 0 Å². The van der Waals surface area contributed by atoms with Gasteiger partial charge >= 0.3 is 0 Å². The number of hydrogen-bond donors (Lipinski definition) is 1. The molecule has 0 amide bonds. The van der Waals surface area contributed by atoms with Crippen molar-refractivity contribution in [3.05, 3.63) is 41.9 Å². The topological polar surface area (TPSA) is 42.7 Å². The maximum Gasteiger partial charge on any atom is 0.164 e. The van der Waals surface area contributed by atoms with Crippen molar-refractivity contribution in [2.75, 3.05) is 11.2 Å². The molecule has 5 heteroatoms. The van der Waals surface area contributed by atoms with Crippen LogP contribution >= 0.6 is 11.8 Å². The number of rotatable bonds is 2. The molecule has 1 aliphatic heterocycles. The van der Waals surface area contributed by atoms with E-state index in [1.54, 1.807) is 0 Å². The van der Waals surface area contributed by atoms with Crippen molar-refractivity contribution in [2.24, 2.45) is 0 Å². The van der Waals surface area contributed by atoms with Gasteiger partial charge in [0.05, 0.1) is 11.6 Å². The van der Waals surface area contributed by atoms with E-state index in [2.05, 4.69) is 34.1 Å². The Morgan fingerprint density at radius 2 is 2.09 bits per heavy atom. The lowest BCUT2D eigenvalue weighted by molar-refractivity contribution is 0.887. The van der Waals surface area contributed by atoms with Crippen molar-refractivity contribution in [1.82, 2.24) is 14.5 Å². The minimum atomic E-state index is 0.591. The molecule has 1 saturated carbocycles. The largest absolute Gasteiger partial charge is 0.375 e. The molecule has 110 valence electrons. The summed E-state index contributed by atoms with van der Waals surface area (Å²) in [5.41, 5.74) is 5.43. The molecular formula is C17H16N4S. The number of anilines is 1. The van der Waals surface area contributed by atoms with Crippen LogP contribution < -0.4 is 5.32 Å². The van der Waals surface area contributed by atoms with E-state index in [0.29, 0.717) is 5.92 Å². The predicted molar refractivity (Wildman–Crippen MR) is 89.9 cm³/mol. The van der Waals surface area contributed by atoms with E-state index in [-0.39, 0.29) is 0 Å². The van der Waals surface area contributed by atoms with E-state index in [0.717, 1.165) is 22.7 Å². The molecule has 0 radical (unpaired) electrons. The van der Waals surface area contributed by atoms with Gasteiger partial charge in [0.1, 0.15) is 11.3 Å². The first-order chi connectivity index (χ1) is 10.8. The molecule has 4 nitrogen and oxygen atoms in total. The molecule has 1 aliphatic carbocycles. The molecular weight excluding hydrogens is 292 g/mol. The van der Waals surface area contributed by atoms with E-state index < -0.39 is 0 Å². The lowest BCUT2D eigenvalue weighted by atomic mass is 10.2. The first kappa shape index (κ1) is 12.5. The molecule has 0 spiro atoms. The Kier molecular flexibility index (Phi) is 2.56. The Labute approximate surface area is 133 Å². The van der Waals surface area contributed by atoms with Crippen molar-refractivity contribution < 1.29 is 0 Å². The fourth-order valence-corrected chi connectivity index (χ4v) is 3.93. The average molecular weight is 308 g/mol. The molecule has 1 fully saturated rings. The number of pyridine rings is 1. The molecule has 2 aliphatic rings. The highest BCUT2D eigenvalue weighted by atomic mass is 32.2. The summed E-state index contributed by atoms with van der Waals surface area (Å²) >= 11 is 1.85. The van der Waals surface area contributed by atoms with Crippen LogP contribution in [0, 0.1) is 6.92 Å². The van der Waals surface area contributed by atoms with Crippen molar-refractivity contribution >= 4 is 28.6 Å². The van der Waals surface area contributed by atoms with Crippen LogP contribution in [0.1, 0.15) is 30.3 Å². The molecule has 0 unspecified atom stereocenters. The number of nitrogens with zero attached hydrogens (tertiary/aromatic N) is 3. The van der Waals surface area contributed by atoms with Gasteiger partial charge in [-0.25, -0.2) is 9.97 Å². The van der Waals surface area contributed by atoms with E-state index in [4.69, 9.17) is 9.97 Å². The van der Waals surface area contributed by atoms with Crippen LogP contribution in [0.5, 0.6) is 0 Å². The molecule has 1 N–H and O–H groups in total. The van der Waals surface area contributed by atoms with Gasteiger partial charge in [0.25, 0.3) is 0 Å². The van der Waals surface area contributed by atoms with Gasteiger partial charge in [0.15, 0.2) is 5.65 Å². The first-order valence-electron chi connectivity index (χ1n) is 7.67. The molecule has 2 aromatic heterocycles. The van der Waals surface area contributed by atoms with Gasteiger partial charge in [-0.1, -0.05) is 0 Å². The highest BCUT2D eigenvalue weighted by Gasteiger charge is 2.30. The number of thioether (sulfide) groups is 1. The zero-order chi connectivity index (χ0) is 14.7. The van der Waals surface area contributed by atoms with Gasteiger partial charge < -0.3 is 5.32 Å². The third kappa shape index (κ3) is 1.85. The fourth-order valence-electron chi connectivity index (χ4n) is 3.05. The molecule has 3 heterocycles. The fraction of sp³-hybridized carbons (Fsp3) is 0.294. The summed E-state index contributed by atoms with van der Waals surface area (Å²) in [6.07, 6.45) is 2.48. The Morgan fingerprint density at radius 3 is 2.95 bits per heavy atom. The first-order valence-corrected chi connectivity index (χ1v) is 8.65. The smallest absolute Gasteiger partial charge is 0.164 e. The zero-order valence-corrected chi connectivity index (χ0v) is 13.2. The number of hydrogen-bond acceptors (Lipinski definition) is 4. The SMILES string of the molecule is Cc1ccc2nc(C3CC3)n(-c3ccc4c(c3)SCN4)c2n1. The lowest BCUT2D eigenvalue weighted by Gasteiger charge is -2.10. The summed E-state index contributed by atoms with van der Waals surface area (Å²) in [5.74, 6) is 2.72. The quantitative estimate of drug-likeness (QED) is 0.774. The maximum atomic E-state index is 4.86. The summed E-state index contributed by atoms with van der Waals surface area (Å²) in [7, 11) is 0. The molecule has 22 heavy (non-hydrogen) atoms. The summed E-state index contributed by atoms with van der Waals surface area (Å²) in [6.45, 7) is 2.04. The maximum absolute atomic E-state index is 4.86. The molecule has 0 saturated heterocycles. The van der Waals surface area contributed by atoms with E-state index >= 15 is 0 Å². The minimum Gasteiger partial charge on any atom is -0.375 e. The van der Waals surface area contributed by atoms with Crippen molar-refractivity contribution in [3.63, 3.8) is 0 Å². The Bertz CT molecular complexity index is 895. The number of benzene rings is 1. The second-order valence-corrected chi connectivity index (χ2v) is 7.04. The van der Waals surface area contributed by atoms with E-state index in [9.17, 15) is 0 Å². The van der Waals surface area contributed by atoms with Crippen molar-refractivity contribution in [3.8, 4) is 5.69 Å². The predicted octanol–water partition coefficient (Wildman–Crippen LogP) is 4.08. The number of imidazole rings is 1. The third-order valence-electron chi connectivity index (χ3n) is 4.33. The molecule has 1 aromatic carbocycles. The number of aryl methyl sites for hydroxylation is 1. The van der Waals surface area contributed by atoms with Crippen LogP contribution in [0.15, 0.2) is 35.2 Å². The Balaban J connectivity index is 1.78. The van der Waals surface area contributed by atoms with Gasteiger partial charge in [0.2, 0.25) is 0 Å². The standard InChI is InChI=1S/C17H16N4S/c1-10-2-6-14-17(19-10)21(16(20-14)11-3-4-11)12-5-7-13-15(8-12)22-9-18-13/h2,5-8,11,18H,3-4,9H2,1H3. The molecule has 0 atom stereocenters. The average Bonchev–Trinajstić information content (AvgIpc) is 3.14. The molecule has 3 aromatic rings. The van der Waals surface area contributed by atoms with Crippen LogP contribution in [0.3, 0.4) is 0 Å². The van der Waals surface area contributed by atoms with Gasteiger partial charge in [-0.15, -0.1) is 11.8 Å². The van der Waals surface area contributed by atoms with Crippen LogP contribution in [0.2, 0.25) is 0 Å². The van der Waals surface area contributed by atoms with Crippen LogP contribution in [-0.2, 0) is 0 Å². The second kappa shape index (κ2) is 4.49. The summed E-state index contributed by atoms with van der Waals surface area (Å²) < 4.78 is 2.26. The van der Waals surface area contributed by atoms with E-state index in [1.165, 1.54) is 34.9 Å². The third-order valence-corrected chi connectivity index (χ3v) is 5.26. The lowest BCUT2D eigenvalue weighted by Crippen LogP contribution is -2.01. The highest BCUT2D eigenvalue weighted by Crippen LogP contribution is 2.42. The number of nitrogens with one attached hydrogen (secondary N) is 1. The van der Waals surface area contributed by atoms with Gasteiger partial charge in [-0.05, 0) is 50.1 Å². The monoisotopic (exact) mass is 308 g/mol.